The van der Waals surface area contributed by atoms with Gasteiger partial charge in [0.15, 0.2) is 10.8 Å². The summed E-state index contributed by atoms with van der Waals surface area (Å²) in [5.41, 5.74) is 3.27. The highest BCUT2D eigenvalue weighted by Gasteiger charge is 2.30. The molecule has 0 radical (unpaired) electrons. The summed E-state index contributed by atoms with van der Waals surface area (Å²) in [6, 6.07) is 6.39. The van der Waals surface area contributed by atoms with Gasteiger partial charge in [0.2, 0.25) is 4.96 Å². The minimum Gasteiger partial charge on any atom is -0.267 e. The van der Waals surface area contributed by atoms with Gasteiger partial charge in [-0.05, 0) is 31.9 Å². The van der Waals surface area contributed by atoms with Crippen LogP contribution in [0.2, 0.25) is 0 Å². The zero-order valence-corrected chi connectivity index (χ0v) is 13.1. The van der Waals surface area contributed by atoms with Gasteiger partial charge in [-0.25, -0.2) is 0 Å². The van der Waals surface area contributed by atoms with E-state index in [4.69, 9.17) is 5.10 Å². The molecule has 3 heterocycles. The van der Waals surface area contributed by atoms with Crippen LogP contribution in [0.5, 0.6) is 0 Å². The van der Waals surface area contributed by atoms with Gasteiger partial charge in [0.25, 0.3) is 0 Å². The molecule has 1 aliphatic rings. The molecule has 0 unspecified atom stereocenters. The maximum atomic E-state index is 4.73. The fourth-order valence-electron chi connectivity index (χ4n) is 2.86. The highest BCUT2D eigenvalue weighted by Crippen LogP contribution is 2.40. The second-order valence-electron chi connectivity index (χ2n) is 5.93. The first-order valence-electron chi connectivity index (χ1n) is 7.36. The van der Waals surface area contributed by atoms with Gasteiger partial charge >= 0.3 is 0 Å². The first kappa shape index (κ1) is 12.3. The van der Waals surface area contributed by atoms with Crippen LogP contribution >= 0.6 is 11.3 Å². The van der Waals surface area contributed by atoms with Crippen molar-refractivity contribution in [3.05, 3.63) is 29.6 Å². The van der Waals surface area contributed by atoms with Crippen LogP contribution < -0.4 is 0 Å². The van der Waals surface area contributed by atoms with Crippen LogP contribution in [0.4, 0.5) is 0 Å². The number of hydrogen-bond donors (Lipinski definition) is 0. The van der Waals surface area contributed by atoms with Crippen molar-refractivity contribution in [1.82, 2.24) is 29.6 Å². The molecule has 110 valence electrons. The Morgan fingerprint density at radius 1 is 1.18 bits per heavy atom. The van der Waals surface area contributed by atoms with Crippen LogP contribution in [0, 0.1) is 6.92 Å². The summed E-state index contributed by atoms with van der Waals surface area (Å²) in [5.74, 6) is 1.53. The van der Waals surface area contributed by atoms with Crippen LogP contribution in [-0.4, -0.2) is 29.6 Å². The molecular weight excluding hydrogens is 296 g/mol. The molecule has 0 spiro atoms. The van der Waals surface area contributed by atoms with Gasteiger partial charge < -0.3 is 0 Å². The van der Waals surface area contributed by atoms with Gasteiger partial charge in [-0.3, -0.25) is 4.68 Å². The summed E-state index contributed by atoms with van der Waals surface area (Å²) in [6.45, 7) is 2.10. The number of fused-ring (bicyclic) bond motifs is 2. The van der Waals surface area contributed by atoms with Gasteiger partial charge in [0.1, 0.15) is 5.69 Å². The molecule has 3 aromatic heterocycles. The van der Waals surface area contributed by atoms with Gasteiger partial charge in [0.05, 0.1) is 5.52 Å². The van der Waals surface area contributed by atoms with Crippen molar-refractivity contribution in [3.63, 3.8) is 0 Å². The Kier molecular flexibility index (Phi) is 2.31. The van der Waals surface area contributed by atoms with Crippen molar-refractivity contribution >= 4 is 27.2 Å². The molecule has 0 N–H and O–H groups in total. The Morgan fingerprint density at radius 3 is 2.86 bits per heavy atom. The van der Waals surface area contributed by atoms with E-state index in [1.165, 1.54) is 18.4 Å². The first-order chi connectivity index (χ1) is 10.7. The van der Waals surface area contributed by atoms with E-state index in [-0.39, 0.29) is 0 Å². The number of aryl methyl sites for hydroxylation is 2. The van der Waals surface area contributed by atoms with Crippen LogP contribution in [0.15, 0.2) is 18.2 Å². The van der Waals surface area contributed by atoms with Crippen molar-refractivity contribution < 1.29 is 0 Å². The molecule has 6 nitrogen and oxygen atoms in total. The molecule has 1 fully saturated rings. The number of aromatic nitrogens is 6. The van der Waals surface area contributed by atoms with E-state index in [2.05, 4.69) is 40.4 Å². The Labute approximate surface area is 130 Å². The summed E-state index contributed by atoms with van der Waals surface area (Å²) in [5, 5.41) is 20.0. The zero-order valence-electron chi connectivity index (χ0n) is 12.3. The molecule has 0 amide bonds. The SMILES string of the molecule is Cc1ccc2c(c1)c(-c1nn3c(C4CC4)nnc3s1)nn2C. The van der Waals surface area contributed by atoms with E-state index in [0.29, 0.717) is 5.92 Å². The van der Waals surface area contributed by atoms with Crippen molar-refractivity contribution in [2.45, 2.75) is 25.7 Å². The van der Waals surface area contributed by atoms with Crippen molar-refractivity contribution in [2.24, 2.45) is 7.05 Å². The first-order valence-corrected chi connectivity index (χ1v) is 8.18. The summed E-state index contributed by atoms with van der Waals surface area (Å²) in [6.07, 6.45) is 2.39. The lowest BCUT2D eigenvalue weighted by molar-refractivity contribution is 0.794. The van der Waals surface area contributed by atoms with Crippen molar-refractivity contribution in [1.29, 1.82) is 0 Å². The van der Waals surface area contributed by atoms with Gasteiger partial charge in [-0.2, -0.15) is 14.7 Å². The van der Waals surface area contributed by atoms with Crippen molar-refractivity contribution in [3.8, 4) is 10.7 Å². The number of rotatable bonds is 2. The van der Waals surface area contributed by atoms with E-state index in [9.17, 15) is 0 Å². The molecule has 22 heavy (non-hydrogen) atoms. The molecule has 5 rings (SSSR count). The quantitative estimate of drug-likeness (QED) is 0.571. The van der Waals surface area contributed by atoms with Crippen LogP contribution in [0.3, 0.4) is 0 Å². The predicted octanol–water partition coefficient (Wildman–Crippen LogP) is 2.93. The van der Waals surface area contributed by atoms with Crippen molar-refractivity contribution in [2.75, 3.05) is 0 Å². The Balaban J connectivity index is 1.75. The second kappa shape index (κ2) is 4.13. The largest absolute Gasteiger partial charge is 0.267 e. The maximum absolute atomic E-state index is 4.73. The minimum atomic E-state index is 0.535. The Hall–Kier alpha value is -2.28. The lowest BCUT2D eigenvalue weighted by atomic mass is 10.1. The monoisotopic (exact) mass is 310 g/mol. The van der Waals surface area contributed by atoms with E-state index in [0.717, 1.165) is 32.4 Å². The fourth-order valence-corrected chi connectivity index (χ4v) is 3.71. The standard InChI is InChI=1S/C15H14N6S/c1-8-3-6-11-10(7-8)12(18-20(11)2)14-19-21-13(9-4-5-9)16-17-15(21)22-14/h3,6-7,9H,4-5H2,1-2H3. The highest BCUT2D eigenvalue weighted by molar-refractivity contribution is 7.19. The summed E-state index contributed by atoms with van der Waals surface area (Å²) in [4.78, 5) is 0.850. The topological polar surface area (TPSA) is 60.9 Å². The molecule has 0 atom stereocenters. The average Bonchev–Trinajstić information content (AvgIpc) is 3.00. The van der Waals surface area contributed by atoms with Crippen LogP contribution in [-0.2, 0) is 7.05 Å². The predicted molar refractivity (Wildman–Crippen MR) is 85.1 cm³/mol. The zero-order chi connectivity index (χ0) is 14.8. The maximum Gasteiger partial charge on any atom is 0.235 e. The molecule has 1 aliphatic carbocycles. The van der Waals surface area contributed by atoms with Gasteiger partial charge in [-0.1, -0.05) is 23.0 Å². The Morgan fingerprint density at radius 2 is 2.05 bits per heavy atom. The minimum absolute atomic E-state index is 0.535. The van der Waals surface area contributed by atoms with Gasteiger partial charge in [0, 0.05) is 18.4 Å². The molecule has 4 aromatic rings. The molecule has 7 heteroatoms. The lowest BCUT2D eigenvalue weighted by Crippen LogP contribution is -1.94. The molecule has 0 bridgehead atoms. The second-order valence-corrected chi connectivity index (χ2v) is 6.88. The summed E-state index contributed by atoms with van der Waals surface area (Å²) in [7, 11) is 1.97. The molecule has 0 aliphatic heterocycles. The fraction of sp³-hybridized carbons (Fsp3) is 0.333. The summed E-state index contributed by atoms with van der Waals surface area (Å²) < 4.78 is 3.81. The third kappa shape index (κ3) is 1.65. The van der Waals surface area contributed by atoms with Crippen LogP contribution in [0.25, 0.3) is 26.6 Å². The third-order valence-corrected chi connectivity index (χ3v) is 5.07. The molecule has 1 aromatic carbocycles. The van der Waals surface area contributed by atoms with E-state index in [1.54, 1.807) is 11.3 Å². The Bertz CT molecular complexity index is 1020. The molecule has 1 saturated carbocycles. The van der Waals surface area contributed by atoms with Gasteiger partial charge in [-0.15, -0.1) is 10.2 Å². The lowest BCUT2D eigenvalue weighted by Gasteiger charge is -1.95. The number of nitrogens with zero attached hydrogens (tertiary/aromatic N) is 6. The summed E-state index contributed by atoms with van der Waals surface area (Å²) >= 11 is 1.55. The average molecular weight is 310 g/mol. The van der Waals surface area contributed by atoms with E-state index in [1.807, 2.05) is 16.2 Å². The number of hydrogen-bond acceptors (Lipinski definition) is 5. The normalized spacial score (nSPS) is 15.2. The molecular formula is C15H14N6S. The highest BCUT2D eigenvalue weighted by atomic mass is 32.1. The van der Waals surface area contributed by atoms with Crippen LogP contribution in [0.1, 0.15) is 30.1 Å². The van der Waals surface area contributed by atoms with E-state index < -0.39 is 0 Å². The smallest absolute Gasteiger partial charge is 0.235 e. The van der Waals surface area contributed by atoms with E-state index >= 15 is 0 Å². The molecule has 0 saturated heterocycles. The third-order valence-electron chi connectivity index (χ3n) is 4.17. The number of benzene rings is 1.